The van der Waals surface area contributed by atoms with Crippen LogP contribution < -0.4 is 0 Å². The van der Waals surface area contributed by atoms with Crippen molar-refractivity contribution in [2.45, 2.75) is 0 Å². The highest BCUT2D eigenvalue weighted by atomic mass is 15.1. The van der Waals surface area contributed by atoms with Crippen molar-refractivity contribution in [2.24, 2.45) is 0 Å². The minimum absolute atomic E-state index is 0.695. The van der Waals surface area contributed by atoms with Crippen LogP contribution >= 0.6 is 0 Å². The second-order valence-electron chi connectivity index (χ2n) is 16.2. The van der Waals surface area contributed by atoms with E-state index >= 15 is 0 Å². The molecule has 3 aromatic heterocycles. The fourth-order valence-electron chi connectivity index (χ4n) is 8.99. The third kappa shape index (κ3) is 7.02. The molecule has 0 spiro atoms. The van der Waals surface area contributed by atoms with Gasteiger partial charge in [0.2, 0.25) is 0 Å². The molecule has 12 aromatic rings. The summed E-state index contributed by atoms with van der Waals surface area (Å²) in [7, 11) is 0. The molecule has 304 valence electrons. The van der Waals surface area contributed by atoms with Crippen molar-refractivity contribution in [3.05, 3.63) is 237 Å². The number of hydrogen-bond donors (Lipinski definition) is 0. The molecule has 0 saturated heterocycles. The SMILES string of the molecule is c1ccc(-c2ccc(-c3cc(-c4ccc(-c5ccc(-c6nc7ccccc7c7ccc8c(nc(-c9ccccc9)n8-c8ccccc8)c67)cc5)cc4)nc(-c4ccccc4)n3)cc2)cc1. The van der Waals surface area contributed by atoms with Crippen LogP contribution in [0.3, 0.4) is 0 Å². The third-order valence-electron chi connectivity index (χ3n) is 12.3. The quantitative estimate of drug-likeness (QED) is 0.143. The maximum Gasteiger partial charge on any atom is 0.160 e. The average Bonchev–Trinajstić information content (AvgIpc) is 3.80. The highest BCUT2D eigenvalue weighted by Gasteiger charge is 2.21. The van der Waals surface area contributed by atoms with Crippen LogP contribution in [0.2, 0.25) is 0 Å². The lowest BCUT2D eigenvalue weighted by Crippen LogP contribution is -1.97. The lowest BCUT2D eigenvalue weighted by Gasteiger charge is -2.13. The highest BCUT2D eigenvalue weighted by Crippen LogP contribution is 2.40. The smallest absolute Gasteiger partial charge is 0.160 e. The average molecular weight is 830 g/mol. The molecule has 12 rings (SSSR count). The zero-order valence-electron chi connectivity index (χ0n) is 35.3. The van der Waals surface area contributed by atoms with Crippen molar-refractivity contribution in [1.29, 1.82) is 0 Å². The van der Waals surface area contributed by atoms with E-state index in [1.165, 1.54) is 11.1 Å². The normalized spacial score (nSPS) is 11.4. The highest BCUT2D eigenvalue weighted by molar-refractivity contribution is 6.20. The molecule has 0 aliphatic carbocycles. The Morgan fingerprint density at radius 2 is 0.769 bits per heavy atom. The summed E-state index contributed by atoms with van der Waals surface area (Å²) in [6.07, 6.45) is 0. The van der Waals surface area contributed by atoms with Crippen molar-refractivity contribution in [3.63, 3.8) is 0 Å². The monoisotopic (exact) mass is 829 g/mol. The second-order valence-corrected chi connectivity index (χ2v) is 16.2. The summed E-state index contributed by atoms with van der Waals surface area (Å²) in [5.41, 5.74) is 16.3. The van der Waals surface area contributed by atoms with E-state index in [9.17, 15) is 0 Å². The van der Waals surface area contributed by atoms with Crippen LogP contribution in [0, 0.1) is 0 Å². The van der Waals surface area contributed by atoms with Gasteiger partial charge in [-0.25, -0.2) is 19.9 Å². The predicted octanol–water partition coefficient (Wildman–Crippen LogP) is 15.2. The Bertz CT molecular complexity index is 3640. The summed E-state index contributed by atoms with van der Waals surface area (Å²) in [4.78, 5) is 21.0. The molecule has 0 N–H and O–H groups in total. The first-order valence-corrected chi connectivity index (χ1v) is 21.9. The number of para-hydroxylation sites is 2. The van der Waals surface area contributed by atoms with Gasteiger partial charge in [0.05, 0.1) is 33.6 Å². The maximum absolute atomic E-state index is 5.45. The van der Waals surface area contributed by atoms with E-state index in [-0.39, 0.29) is 0 Å². The lowest BCUT2D eigenvalue weighted by molar-refractivity contribution is 1.10. The molecular formula is C60H39N5. The number of rotatable bonds is 8. The van der Waals surface area contributed by atoms with Gasteiger partial charge in [0.15, 0.2) is 5.82 Å². The number of imidazole rings is 1. The molecule has 3 heterocycles. The summed E-state index contributed by atoms with van der Waals surface area (Å²) in [5.74, 6) is 1.59. The second kappa shape index (κ2) is 16.2. The Kier molecular flexibility index (Phi) is 9.42. The van der Waals surface area contributed by atoms with Crippen LogP contribution in [-0.4, -0.2) is 24.5 Å². The molecule has 9 aromatic carbocycles. The summed E-state index contributed by atoms with van der Waals surface area (Å²) in [5, 5.41) is 3.27. The van der Waals surface area contributed by atoms with E-state index in [1.54, 1.807) is 0 Å². The molecule has 0 fully saturated rings. The van der Waals surface area contributed by atoms with E-state index in [4.69, 9.17) is 19.9 Å². The van der Waals surface area contributed by atoms with E-state index in [0.29, 0.717) is 5.82 Å². The van der Waals surface area contributed by atoms with Gasteiger partial charge >= 0.3 is 0 Å². The van der Waals surface area contributed by atoms with Gasteiger partial charge in [-0.1, -0.05) is 206 Å². The molecular weight excluding hydrogens is 791 g/mol. The molecule has 65 heavy (non-hydrogen) atoms. The van der Waals surface area contributed by atoms with Gasteiger partial charge in [0.1, 0.15) is 5.82 Å². The Labute approximate surface area is 376 Å². The van der Waals surface area contributed by atoms with Crippen LogP contribution in [0.25, 0.3) is 117 Å². The van der Waals surface area contributed by atoms with Gasteiger partial charge < -0.3 is 0 Å². The molecule has 5 nitrogen and oxygen atoms in total. The number of benzene rings is 9. The van der Waals surface area contributed by atoms with Crippen LogP contribution in [-0.2, 0) is 0 Å². The molecule has 0 amide bonds. The predicted molar refractivity (Wildman–Crippen MR) is 268 cm³/mol. The van der Waals surface area contributed by atoms with Gasteiger partial charge in [-0.15, -0.1) is 0 Å². The molecule has 5 heteroatoms. The van der Waals surface area contributed by atoms with Crippen molar-refractivity contribution in [1.82, 2.24) is 24.5 Å². The number of aromatic nitrogens is 5. The zero-order chi connectivity index (χ0) is 43.1. The zero-order valence-corrected chi connectivity index (χ0v) is 35.3. The van der Waals surface area contributed by atoms with Crippen molar-refractivity contribution < 1.29 is 0 Å². The Balaban J connectivity index is 0.925. The van der Waals surface area contributed by atoms with E-state index < -0.39 is 0 Å². The topological polar surface area (TPSA) is 56.5 Å². The number of pyridine rings is 1. The molecule has 0 aliphatic heterocycles. The largest absolute Gasteiger partial charge is 0.292 e. The minimum atomic E-state index is 0.695. The Hall–Kier alpha value is -8.80. The summed E-state index contributed by atoms with van der Waals surface area (Å²) in [6, 6.07) is 82.6. The fourth-order valence-corrected chi connectivity index (χ4v) is 8.99. The molecule has 0 aliphatic rings. The number of hydrogen-bond acceptors (Lipinski definition) is 4. The van der Waals surface area contributed by atoms with Gasteiger partial charge in [0.25, 0.3) is 0 Å². The van der Waals surface area contributed by atoms with Crippen LogP contribution in [0.5, 0.6) is 0 Å². The number of fused-ring (bicyclic) bond motifs is 5. The molecule has 0 saturated carbocycles. The van der Waals surface area contributed by atoms with Gasteiger partial charge in [-0.2, -0.15) is 0 Å². The standard InChI is InChI=1S/C60H39N5/c1-5-15-40(16-6-1)41-25-31-44(32-26-41)53-39-54(63-59(62-53)47-17-7-2-8-18-47)45-33-27-42(28-34-45)43-29-35-46(36-30-43)57-56-51(50-23-13-14-24-52(50)61-57)37-38-55-58(56)64-60(48-19-9-3-10-20-48)65(55)49-21-11-4-12-22-49/h1-39H. The molecule has 0 radical (unpaired) electrons. The Morgan fingerprint density at radius 3 is 1.35 bits per heavy atom. The molecule has 0 bridgehead atoms. The fraction of sp³-hybridized carbons (Fsp3) is 0. The molecule has 0 unspecified atom stereocenters. The summed E-state index contributed by atoms with van der Waals surface area (Å²) in [6.45, 7) is 0. The first-order chi connectivity index (χ1) is 32.2. The minimum Gasteiger partial charge on any atom is -0.292 e. The van der Waals surface area contributed by atoms with Crippen LogP contribution in [0.15, 0.2) is 237 Å². The van der Waals surface area contributed by atoms with Gasteiger partial charge in [-0.3, -0.25) is 4.57 Å². The first-order valence-electron chi connectivity index (χ1n) is 21.9. The third-order valence-corrected chi connectivity index (χ3v) is 12.3. The lowest BCUT2D eigenvalue weighted by atomic mass is 9.96. The number of nitrogens with zero attached hydrogens (tertiary/aromatic N) is 5. The summed E-state index contributed by atoms with van der Waals surface area (Å²) < 4.78 is 2.27. The van der Waals surface area contributed by atoms with Crippen molar-refractivity contribution >= 4 is 32.7 Å². The summed E-state index contributed by atoms with van der Waals surface area (Å²) >= 11 is 0. The Morgan fingerprint density at radius 1 is 0.308 bits per heavy atom. The van der Waals surface area contributed by atoms with E-state index in [0.717, 1.165) is 100 Å². The van der Waals surface area contributed by atoms with E-state index in [1.807, 2.05) is 30.3 Å². The molecule has 0 atom stereocenters. The van der Waals surface area contributed by atoms with Crippen LogP contribution in [0.4, 0.5) is 0 Å². The van der Waals surface area contributed by atoms with E-state index in [2.05, 4.69) is 211 Å². The first kappa shape index (κ1) is 37.9. The van der Waals surface area contributed by atoms with Crippen molar-refractivity contribution in [2.75, 3.05) is 0 Å². The van der Waals surface area contributed by atoms with Crippen LogP contribution in [0.1, 0.15) is 0 Å². The van der Waals surface area contributed by atoms with Gasteiger partial charge in [-0.05, 0) is 58.0 Å². The maximum atomic E-state index is 5.45. The van der Waals surface area contributed by atoms with Crippen molar-refractivity contribution in [3.8, 4) is 84.5 Å². The van der Waals surface area contributed by atoms with Gasteiger partial charge in [0, 0.05) is 44.3 Å².